The molecule has 0 aliphatic rings. The molecule has 0 aliphatic carbocycles. The highest BCUT2D eigenvalue weighted by Crippen LogP contribution is 2.43. The SMILES string of the molecule is COc1ccc(C(Br)c2cc(Cl)sc2Cl)c(Cl)c1. The monoisotopic (exact) mass is 384 g/mol. The first kappa shape index (κ1) is 14.5. The quantitative estimate of drug-likeness (QED) is 0.571. The largest absolute Gasteiger partial charge is 0.497 e. The van der Waals surface area contributed by atoms with Crippen molar-refractivity contribution in [1.29, 1.82) is 0 Å². The smallest absolute Gasteiger partial charge is 0.120 e. The molecule has 1 aromatic heterocycles. The molecule has 0 N–H and O–H groups in total. The molecule has 1 heterocycles. The summed E-state index contributed by atoms with van der Waals surface area (Å²) in [5.74, 6) is 0.720. The maximum atomic E-state index is 6.23. The third-order valence-corrected chi connectivity index (χ3v) is 5.27. The fourth-order valence-electron chi connectivity index (χ4n) is 1.53. The van der Waals surface area contributed by atoms with E-state index in [0.717, 1.165) is 16.9 Å². The van der Waals surface area contributed by atoms with Crippen LogP contribution in [0.3, 0.4) is 0 Å². The molecule has 2 rings (SSSR count). The van der Waals surface area contributed by atoms with Gasteiger partial charge >= 0.3 is 0 Å². The molecule has 1 nitrogen and oxygen atoms in total. The van der Waals surface area contributed by atoms with Crippen molar-refractivity contribution in [2.45, 2.75) is 4.83 Å². The summed E-state index contributed by atoms with van der Waals surface area (Å²) in [6.45, 7) is 0. The van der Waals surface area contributed by atoms with Gasteiger partial charge < -0.3 is 4.74 Å². The predicted molar refractivity (Wildman–Crippen MR) is 83.1 cm³/mol. The van der Waals surface area contributed by atoms with Gasteiger partial charge in [-0.3, -0.25) is 0 Å². The Morgan fingerprint density at radius 1 is 1.17 bits per heavy atom. The van der Waals surface area contributed by atoms with Crippen LogP contribution < -0.4 is 4.74 Å². The standard InChI is InChI=1S/C12H8BrCl3OS/c1-17-6-2-3-7(9(14)4-6)11(13)8-5-10(15)18-12(8)16/h2-5,11H,1H3. The lowest BCUT2D eigenvalue weighted by Gasteiger charge is -2.12. The van der Waals surface area contributed by atoms with Crippen LogP contribution in [0.15, 0.2) is 24.3 Å². The average Bonchev–Trinajstić information content (AvgIpc) is 2.67. The Labute approximate surface area is 133 Å². The van der Waals surface area contributed by atoms with Gasteiger partial charge in [-0.15, -0.1) is 11.3 Å². The van der Waals surface area contributed by atoms with E-state index in [2.05, 4.69) is 15.9 Å². The summed E-state index contributed by atoms with van der Waals surface area (Å²) in [6.07, 6.45) is 0. The van der Waals surface area contributed by atoms with E-state index in [-0.39, 0.29) is 4.83 Å². The van der Waals surface area contributed by atoms with Gasteiger partial charge in [0.05, 0.1) is 20.6 Å². The predicted octanol–water partition coefficient (Wildman–Crippen LogP) is 6.20. The van der Waals surface area contributed by atoms with Crippen molar-refractivity contribution >= 4 is 62.1 Å². The molecular weight excluding hydrogens is 378 g/mol. The molecule has 0 bridgehead atoms. The topological polar surface area (TPSA) is 9.23 Å². The van der Waals surface area contributed by atoms with Crippen molar-refractivity contribution < 1.29 is 4.74 Å². The van der Waals surface area contributed by atoms with Crippen LogP contribution in [0, 0.1) is 0 Å². The van der Waals surface area contributed by atoms with Crippen LogP contribution >= 0.6 is 62.1 Å². The fraction of sp³-hybridized carbons (Fsp3) is 0.167. The number of alkyl halides is 1. The third kappa shape index (κ3) is 2.97. The van der Waals surface area contributed by atoms with E-state index in [1.807, 2.05) is 18.2 Å². The van der Waals surface area contributed by atoms with Crippen LogP contribution in [0.4, 0.5) is 0 Å². The highest BCUT2D eigenvalue weighted by molar-refractivity contribution is 9.09. The van der Waals surface area contributed by atoms with Crippen LogP contribution in [0.5, 0.6) is 5.75 Å². The Morgan fingerprint density at radius 3 is 2.39 bits per heavy atom. The lowest BCUT2D eigenvalue weighted by atomic mass is 10.1. The Kier molecular flexibility index (Phi) is 4.84. The lowest BCUT2D eigenvalue weighted by molar-refractivity contribution is 0.414. The first-order valence-electron chi connectivity index (χ1n) is 4.95. The molecule has 18 heavy (non-hydrogen) atoms. The van der Waals surface area contributed by atoms with E-state index in [4.69, 9.17) is 39.5 Å². The summed E-state index contributed by atoms with van der Waals surface area (Å²) in [5, 5.41) is 0.620. The second kappa shape index (κ2) is 6.02. The van der Waals surface area contributed by atoms with E-state index < -0.39 is 0 Å². The summed E-state index contributed by atoms with van der Waals surface area (Å²) < 4.78 is 6.44. The van der Waals surface area contributed by atoms with Crippen molar-refractivity contribution in [3.63, 3.8) is 0 Å². The van der Waals surface area contributed by atoms with Gasteiger partial charge in [-0.25, -0.2) is 0 Å². The third-order valence-electron chi connectivity index (χ3n) is 2.44. The van der Waals surface area contributed by atoms with Gasteiger partial charge in [0.2, 0.25) is 0 Å². The Bertz CT molecular complexity index is 570. The minimum absolute atomic E-state index is 0.0906. The molecule has 1 aromatic carbocycles. The zero-order valence-corrected chi connectivity index (χ0v) is 13.9. The van der Waals surface area contributed by atoms with Crippen molar-refractivity contribution in [3.8, 4) is 5.75 Å². The molecule has 0 saturated carbocycles. The molecule has 2 aromatic rings. The molecule has 0 saturated heterocycles. The lowest BCUT2D eigenvalue weighted by Crippen LogP contribution is -1.93. The van der Waals surface area contributed by atoms with E-state index in [9.17, 15) is 0 Å². The Morgan fingerprint density at radius 2 is 1.89 bits per heavy atom. The molecule has 0 radical (unpaired) electrons. The van der Waals surface area contributed by atoms with Gasteiger partial charge in [-0.05, 0) is 23.8 Å². The highest BCUT2D eigenvalue weighted by Gasteiger charge is 2.19. The van der Waals surface area contributed by atoms with Crippen LogP contribution in [0.1, 0.15) is 16.0 Å². The molecule has 0 spiro atoms. The minimum Gasteiger partial charge on any atom is -0.497 e. The zero-order valence-electron chi connectivity index (χ0n) is 9.22. The molecule has 0 amide bonds. The highest BCUT2D eigenvalue weighted by atomic mass is 79.9. The molecule has 0 aliphatic heterocycles. The molecule has 6 heteroatoms. The number of methoxy groups -OCH3 is 1. The second-order valence-electron chi connectivity index (χ2n) is 3.53. The van der Waals surface area contributed by atoms with Gasteiger partial charge in [-0.2, -0.15) is 0 Å². The first-order valence-corrected chi connectivity index (χ1v) is 7.81. The zero-order chi connectivity index (χ0) is 13.3. The number of hydrogen-bond acceptors (Lipinski definition) is 2. The fourth-order valence-corrected chi connectivity index (χ4v) is 4.52. The number of halogens is 4. The van der Waals surface area contributed by atoms with Crippen molar-refractivity contribution in [2.75, 3.05) is 7.11 Å². The van der Waals surface area contributed by atoms with Gasteiger partial charge in [-0.1, -0.05) is 56.8 Å². The number of benzene rings is 1. The molecule has 1 atom stereocenters. The summed E-state index contributed by atoms with van der Waals surface area (Å²) in [5.41, 5.74) is 1.84. The molecule has 0 fully saturated rings. The molecular formula is C12H8BrCl3OS. The Balaban J connectivity index is 2.39. The van der Waals surface area contributed by atoms with Crippen molar-refractivity contribution in [3.05, 3.63) is 49.1 Å². The van der Waals surface area contributed by atoms with E-state index >= 15 is 0 Å². The summed E-state index contributed by atoms with van der Waals surface area (Å²) in [4.78, 5) is -0.0906. The average molecular weight is 387 g/mol. The van der Waals surface area contributed by atoms with Crippen molar-refractivity contribution in [1.82, 2.24) is 0 Å². The second-order valence-corrected chi connectivity index (χ2v) is 7.14. The van der Waals surface area contributed by atoms with E-state index in [1.54, 1.807) is 13.2 Å². The molecule has 1 unspecified atom stereocenters. The normalized spacial score (nSPS) is 12.5. The summed E-state index contributed by atoms with van der Waals surface area (Å²) in [7, 11) is 1.60. The van der Waals surface area contributed by atoms with E-state index in [0.29, 0.717) is 13.7 Å². The van der Waals surface area contributed by atoms with Gasteiger partial charge in [0, 0.05) is 10.6 Å². The van der Waals surface area contributed by atoms with Crippen LogP contribution in [-0.2, 0) is 0 Å². The molecule has 96 valence electrons. The van der Waals surface area contributed by atoms with Gasteiger partial charge in [0.15, 0.2) is 0 Å². The summed E-state index contributed by atoms with van der Waals surface area (Å²) in [6, 6.07) is 7.38. The first-order chi connectivity index (χ1) is 8.52. The van der Waals surface area contributed by atoms with Crippen LogP contribution in [0.2, 0.25) is 13.7 Å². The Hall–Kier alpha value is 0.0700. The number of ether oxygens (including phenoxy) is 1. The van der Waals surface area contributed by atoms with Crippen molar-refractivity contribution in [2.24, 2.45) is 0 Å². The van der Waals surface area contributed by atoms with Gasteiger partial charge in [0.1, 0.15) is 5.75 Å². The minimum atomic E-state index is -0.0906. The summed E-state index contributed by atoms with van der Waals surface area (Å²) >= 11 is 23.2. The number of rotatable bonds is 3. The number of thiophene rings is 1. The van der Waals surface area contributed by atoms with Crippen LogP contribution in [0.25, 0.3) is 0 Å². The van der Waals surface area contributed by atoms with E-state index in [1.165, 1.54) is 11.3 Å². The number of hydrogen-bond donors (Lipinski definition) is 0. The maximum Gasteiger partial charge on any atom is 0.120 e. The maximum absolute atomic E-state index is 6.23. The van der Waals surface area contributed by atoms with Gasteiger partial charge in [0.25, 0.3) is 0 Å². The van der Waals surface area contributed by atoms with Crippen LogP contribution in [-0.4, -0.2) is 7.11 Å².